The first-order valence-corrected chi connectivity index (χ1v) is 7.16. The summed E-state index contributed by atoms with van der Waals surface area (Å²) in [6, 6.07) is 13.2. The summed E-state index contributed by atoms with van der Waals surface area (Å²) < 4.78 is 14.4. The zero-order valence-corrected chi connectivity index (χ0v) is 12.8. The molecule has 0 amide bonds. The average Bonchev–Trinajstić information content (AvgIpc) is 2.40. The molecule has 4 heteroatoms. The van der Waals surface area contributed by atoms with E-state index >= 15 is 0 Å². The van der Waals surface area contributed by atoms with Crippen molar-refractivity contribution in [2.45, 2.75) is 19.5 Å². The molecule has 1 atom stereocenters. The molecule has 0 saturated carbocycles. The van der Waals surface area contributed by atoms with Crippen LogP contribution in [0.25, 0.3) is 0 Å². The Labute approximate surface area is 125 Å². The number of hydrogen-bond acceptors (Lipinski definition) is 1. The quantitative estimate of drug-likeness (QED) is 0.816. The van der Waals surface area contributed by atoms with E-state index in [0.717, 1.165) is 10.0 Å². The van der Waals surface area contributed by atoms with Crippen LogP contribution < -0.4 is 5.32 Å². The van der Waals surface area contributed by atoms with Crippen molar-refractivity contribution in [3.05, 3.63) is 68.9 Å². The predicted molar refractivity (Wildman–Crippen MR) is 80.8 cm³/mol. The van der Waals surface area contributed by atoms with E-state index in [1.165, 1.54) is 11.6 Å². The predicted octanol–water partition coefficient (Wildman–Crippen LogP) is 5.09. The Balaban J connectivity index is 1.98. The van der Waals surface area contributed by atoms with Crippen LogP contribution in [0, 0.1) is 5.82 Å². The second kappa shape index (κ2) is 6.51. The SMILES string of the molecule is C[C@@H](NCc1ccc(Cl)c(F)c1)c1ccc(Br)cc1. The van der Waals surface area contributed by atoms with Crippen molar-refractivity contribution < 1.29 is 4.39 Å². The molecule has 0 radical (unpaired) electrons. The Hall–Kier alpha value is -0.900. The van der Waals surface area contributed by atoms with E-state index < -0.39 is 0 Å². The lowest BCUT2D eigenvalue weighted by Crippen LogP contribution is -2.18. The van der Waals surface area contributed by atoms with E-state index in [0.29, 0.717) is 6.54 Å². The monoisotopic (exact) mass is 341 g/mol. The molecule has 2 aromatic rings. The first-order chi connectivity index (χ1) is 9.06. The van der Waals surface area contributed by atoms with Gasteiger partial charge >= 0.3 is 0 Å². The van der Waals surface area contributed by atoms with Gasteiger partial charge in [0.25, 0.3) is 0 Å². The van der Waals surface area contributed by atoms with Crippen molar-refractivity contribution >= 4 is 27.5 Å². The Morgan fingerprint density at radius 1 is 1.21 bits per heavy atom. The van der Waals surface area contributed by atoms with Crippen molar-refractivity contribution in [1.82, 2.24) is 5.32 Å². The lowest BCUT2D eigenvalue weighted by atomic mass is 10.1. The standard InChI is InChI=1S/C15H14BrClFN/c1-10(12-3-5-13(16)6-4-12)19-9-11-2-7-14(17)15(18)8-11/h2-8,10,19H,9H2,1H3/t10-/m1/s1. The van der Waals surface area contributed by atoms with Gasteiger partial charge < -0.3 is 5.32 Å². The fourth-order valence-electron chi connectivity index (χ4n) is 1.79. The van der Waals surface area contributed by atoms with E-state index in [2.05, 4.69) is 40.3 Å². The highest BCUT2D eigenvalue weighted by atomic mass is 79.9. The summed E-state index contributed by atoms with van der Waals surface area (Å²) in [5, 5.41) is 3.51. The Kier molecular flexibility index (Phi) is 4.97. The molecule has 0 saturated heterocycles. The average molecular weight is 343 g/mol. The summed E-state index contributed by atoms with van der Waals surface area (Å²) in [4.78, 5) is 0. The Morgan fingerprint density at radius 2 is 1.89 bits per heavy atom. The van der Waals surface area contributed by atoms with Gasteiger partial charge in [0.15, 0.2) is 0 Å². The molecule has 0 spiro atoms. The molecule has 0 heterocycles. The molecule has 100 valence electrons. The third-order valence-corrected chi connectivity index (χ3v) is 3.80. The third kappa shape index (κ3) is 4.03. The van der Waals surface area contributed by atoms with Gasteiger partial charge in [-0.15, -0.1) is 0 Å². The van der Waals surface area contributed by atoms with Crippen LogP contribution in [-0.4, -0.2) is 0 Å². The minimum absolute atomic E-state index is 0.157. The highest BCUT2D eigenvalue weighted by molar-refractivity contribution is 9.10. The van der Waals surface area contributed by atoms with Crippen molar-refractivity contribution in [2.75, 3.05) is 0 Å². The molecular weight excluding hydrogens is 329 g/mol. The second-order valence-electron chi connectivity index (χ2n) is 4.40. The first-order valence-electron chi connectivity index (χ1n) is 5.99. The summed E-state index contributed by atoms with van der Waals surface area (Å²) in [7, 11) is 0. The van der Waals surface area contributed by atoms with Crippen LogP contribution in [0.5, 0.6) is 0 Å². The molecule has 1 N–H and O–H groups in total. The fraction of sp³-hybridized carbons (Fsp3) is 0.200. The summed E-state index contributed by atoms with van der Waals surface area (Å²) in [6.07, 6.45) is 0. The maximum absolute atomic E-state index is 13.3. The molecule has 0 aliphatic rings. The van der Waals surface area contributed by atoms with Gasteiger partial charge in [0.2, 0.25) is 0 Å². The van der Waals surface area contributed by atoms with E-state index in [1.54, 1.807) is 6.07 Å². The molecule has 0 fully saturated rings. The largest absolute Gasteiger partial charge is 0.306 e. The second-order valence-corrected chi connectivity index (χ2v) is 5.73. The highest BCUT2D eigenvalue weighted by Crippen LogP contribution is 2.18. The summed E-state index contributed by atoms with van der Waals surface area (Å²) in [5.41, 5.74) is 2.07. The van der Waals surface area contributed by atoms with Crippen LogP contribution in [0.1, 0.15) is 24.1 Å². The molecule has 0 bridgehead atoms. The molecule has 0 unspecified atom stereocenters. The third-order valence-electron chi connectivity index (χ3n) is 2.97. The van der Waals surface area contributed by atoms with Crippen LogP contribution in [-0.2, 0) is 6.54 Å². The highest BCUT2D eigenvalue weighted by Gasteiger charge is 2.06. The van der Waals surface area contributed by atoms with Crippen LogP contribution in [0.4, 0.5) is 4.39 Å². The minimum atomic E-state index is -0.378. The van der Waals surface area contributed by atoms with Crippen LogP contribution in [0.3, 0.4) is 0 Å². The summed E-state index contributed by atoms with van der Waals surface area (Å²) in [5.74, 6) is -0.378. The van der Waals surface area contributed by atoms with E-state index in [4.69, 9.17) is 11.6 Å². The molecule has 1 nitrogen and oxygen atoms in total. The smallest absolute Gasteiger partial charge is 0.142 e. The lowest BCUT2D eigenvalue weighted by molar-refractivity contribution is 0.569. The van der Waals surface area contributed by atoms with Crippen molar-refractivity contribution in [1.29, 1.82) is 0 Å². The summed E-state index contributed by atoms with van der Waals surface area (Å²) >= 11 is 9.06. The molecule has 19 heavy (non-hydrogen) atoms. The number of halogens is 3. The molecule has 2 rings (SSSR count). The molecular formula is C15H14BrClFN. The molecule has 0 aliphatic heterocycles. The topological polar surface area (TPSA) is 12.0 Å². The van der Waals surface area contributed by atoms with Gasteiger partial charge in [-0.1, -0.05) is 45.7 Å². The maximum Gasteiger partial charge on any atom is 0.142 e. The molecule has 0 aliphatic carbocycles. The minimum Gasteiger partial charge on any atom is -0.306 e. The lowest BCUT2D eigenvalue weighted by Gasteiger charge is -2.14. The van der Waals surface area contributed by atoms with Crippen molar-refractivity contribution in [2.24, 2.45) is 0 Å². The Morgan fingerprint density at radius 3 is 2.53 bits per heavy atom. The van der Waals surface area contributed by atoms with Gasteiger partial charge in [-0.05, 0) is 42.3 Å². The number of nitrogens with one attached hydrogen (secondary N) is 1. The fourth-order valence-corrected chi connectivity index (χ4v) is 2.17. The zero-order valence-electron chi connectivity index (χ0n) is 10.5. The number of rotatable bonds is 4. The van der Waals surface area contributed by atoms with Crippen LogP contribution in [0.15, 0.2) is 46.9 Å². The zero-order chi connectivity index (χ0) is 13.8. The Bertz CT molecular complexity index is 557. The van der Waals surface area contributed by atoms with Gasteiger partial charge in [-0.25, -0.2) is 4.39 Å². The van der Waals surface area contributed by atoms with E-state index in [1.807, 2.05) is 18.2 Å². The first kappa shape index (κ1) is 14.5. The van der Waals surface area contributed by atoms with Gasteiger partial charge in [0.1, 0.15) is 5.82 Å². The molecule has 2 aromatic carbocycles. The van der Waals surface area contributed by atoms with Crippen LogP contribution >= 0.6 is 27.5 Å². The van der Waals surface area contributed by atoms with Crippen LogP contribution in [0.2, 0.25) is 5.02 Å². The normalized spacial score (nSPS) is 12.4. The van der Waals surface area contributed by atoms with Crippen molar-refractivity contribution in [3.63, 3.8) is 0 Å². The van der Waals surface area contributed by atoms with Gasteiger partial charge in [-0.3, -0.25) is 0 Å². The van der Waals surface area contributed by atoms with Gasteiger partial charge in [-0.2, -0.15) is 0 Å². The van der Waals surface area contributed by atoms with Gasteiger partial charge in [0, 0.05) is 17.1 Å². The number of hydrogen-bond donors (Lipinski definition) is 1. The van der Waals surface area contributed by atoms with Crippen molar-refractivity contribution in [3.8, 4) is 0 Å². The summed E-state index contributed by atoms with van der Waals surface area (Å²) in [6.45, 7) is 2.68. The molecule has 0 aromatic heterocycles. The van der Waals surface area contributed by atoms with E-state index in [9.17, 15) is 4.39 Å². The maximum atomic E-state index is 13.3. The number of benzene rings is 2. The van der Waals surface area contributed by atoms with E-state index in [-0.39, 0.29) is 16.9 Å². The van der Waals surface area contributed by atoms with Gasteiger partial charge in [0.05, 0.1) is 5.02 Å².